The lowest BCUT2D eigenvalue weighted by molar-refractivity contribution is 0.402. The highest BCUT2D eigenvalue weighted by Gasteiger charge is 2.26. The molecule has 0 N–H and O–H groups in total. The SMILES string of the molecule is COc1ccc(Br)c(C)c1C(C)(C)C#N. The molecule has 0 aromatic heterocycles. The fourth-order valence-corrected chi connectivity index (χ4v) is 1.99. The smallest absolute Gasteiger partial charge is 0.123 e. The minimum Gasteiger partial charge on any atom is -0.496 e. The molecule has 0 heterocycles. The molecule has 2 nitrogen and oxygen atoms in total. The largest absolute Gasteiger partial charge is 0.496 e. The number of methoxy groups -OCH3 is 1. The minimum absolute atomic E-state index is 0.542. The predicted molar refractivity (Wildman–Crippen MR) is 64.1 cm³/mol. The third-order valence-electron chi connectivity index (χ3n) is 2.49. The van der Waals surface area contributed by atoms with Crippen molar-refractivity contribution < 1.29 is 4.74 Å². The molecular weight excluding hydrogens is 254 g/mol. The number of hydrogen-bond acceptors (Lipinski definition) is 2. The number of nitriles is 1. The predicted octanol–water partition coefficient (Wildman–Crippen LogP) is 3.57. The van der Waals surface area contributed by atoms with Gasteiger partial charge in [0.1, 0.15) is 5.75 Å². The van der Waals surface area contributed by atoms with Crippen molar-refractivity contribution in [2.75, 3.05) is 7.11 Å². The van der Waals surface area contributed by atoms with Crippen LogP contribution in [0.25, 0.3) is 0 Å². The highest BCUT2D eigenvalue weighted by Crippen LogP contribution is 2.37. The topological polar surface area (TPSA) is 33.0 Å². The molecule has 0 fully saturated rings. The van der Waals surface area contributed by atoms with Crippen LogP contribution in [0.4, 0.5) is 0 Å². The molecule has 0 unspecified atom stereocenters. The van der Waals surface area contributed by atoms with Gasteiger partial charge in [0.15, 0.2) is 0 Å². The normalized spacial score (nSPS) is 10.9. The minimum atomic E-state index is -0.542. The summed E-state index contributed by atoms with van der Waals surface area (Å²) in [5.74, 6) is 0.766. The molecule has 1 aromatic carbocycles. The summed E-state index contributed by atoms with van der Waals surface area (Å²) >= 11 is 3.47. The summed E-state index contributed by atoms with van der Waals surface area (Å²) in [6.45, 7) is 5.77. The quantitative estimate of drug-likeness (QED) is 0.821. The van der Waals surface area contributed by atoms with Crippen molar-refractivity contribution in [1.29, 1.82) is 5.26 Å². The van der Waals surface area contributed by atoms with Gasteiger partial charge < -0.3 is 4.74 Å². The number of nitrogens with zero attached hydrogens (tertiary/aromatic N) is 1. The summed E-state index contributed by atoms with van der Waals surface area (Å²) in [4.78, 5) is 0. The zero-order chi connectivity index (χ0) is 11.6. The maximum atomic E-state index is 9.16. The van der Waals surface area contributed by atoms with E-state index in [2.05, 4.69) is 22.0 Å². The zero-order valence-electron chi connectivity index (χ0n) is 9.39. The Hall–Kier alpha value is -1.01. The monoisotopic (exact) mass is 267 g/mol. The lowest BCUT2D eigenvalue weighted by Gasteiger charge is -2.22. The van der Waals surface area contributed by atoms with Gasteiger partial charge in [0, 0.05) is 10.0 Å². The van der Waals surface area contributed by atoms with Gasteiger partial charge in [-0.15, -0.1) is 0 Å². The van der Waals surface area contributed by atoms with Crippen molar-refractivity contribution in [2.24, 2.45) is 0 Å². The van der Waals surface area contributed by atoms with E-state index in [0.717, 1.165) is 21.3 Å². The molecule has 0 radical (unpaired) electrons. The second-order valence-electron chi connectivity index (χ2n) is 3.99. The summed E-state index contributed by atoms with van der Waals surface area (Å²) in [5, 5.41) is 9.16. The van der Waals surface area contributed by atoms with Gasteiger partial charge in [-0.25, -0.2) is 0 Å². The Morgan fingerprint density at radius 1 is 1.40 bits per heavy atom. The second-order valence-corrected chi connectivity index (χ2v) is 4.84. The van der Waals surface area contributed by atoms with Crippen LogP contribution >= 0.6 is 15.9 Å². The second kappa shape index (κ2) is 4.24. The number of halogens is 1. The average Bonchev–Trinajstić information content (AvgIpc) is 2.21. The van der Waals surface area contributed by atoms with Crippen molar-refractivity contribution >= 4 is 15.9 Å². The number of ether oxygens (including phenoxy) is 1. The summed E-state index contributed by atoms with van der Waals surface area (Å²) in [6.07, 6.45) is 0. The van der Waals surface area contributed by atoms with Gasteiger partial charge in [0.05, 0.1) is 18.6 Å². The van der Waals surface area contributed by atoms with Gasteiger partial charge in [-0.2, -0.15) is 5.26 Å². The van der Waals surface area contributed by atoms with E-state index in [9.17, 15) is 0 Å². The first-order valence-corrected chi connectivity index (χ1v) is 5.48. The molecule has 0 aliphatic heterocycles. The fourth-order valence-electron chi connectivity index (χ4n) is 1.66. The number of rotatable bonds is 2. The summed E-state index contributed by atoms with van der Waals surface area (Å²) in [5.41, 5.74) is 1.46. The first kappa shape index (κ1) is 12.1. The molecule has 0 saturated carbocycles. The van der Waals surface area contributed by atoms with Crippen molar-refractivity contribution in [1.82, 2.24) is 0 Å². The van der Waals surface area contributed by atoms with Crippen LogP contribution in [0, 0.1) is 18.3 Å². The Morgan fingerprint density at radius 2 is 2.00 bits per heavy atom. The molecule has 3 heteroatoms. The van der Waals surface area contributed by atoms with E-state index >= 15 is 0 Å². The van der Waals surface area contributed by atoms with Gasteiger partial charge in [-0.1, -0.05) is 15.9 Å². The molecule has 0 spiro atoms. The van der Waals surface area contributed by atoms with Crippen LogP contribution in [0.5, 0.6) is 5.75 Å². The van der Waals surface area contributed by atoms with Crippen molar-refractivity contribution in [3.05, 3.63) is 27.7 Å². The van der Waals surface area contributed by atoms with Crippen LogP contribution < -0.4 is 4.74 Å². The van der Waals surface area contributed by atoms with Gasteiger partial charge in [0.25, 0.3) is 0 Å². The number of hydrogen-bond donors (Lipinski definition) is 0. The van der Waals surface area contributed by atoms with Gasteiger partial charge in [0.2, 0.25) is 0 Å². The Kier molecular flexibility index (Phi) is 3.41. The van der Waals surface area contributed by atoms with E-state index in [1.807, 2.05) is 32.9 Å². The molecule has 1 rings (SSSR count). The van der Waals surface area contributed by atoms with E-state index in [4.69, 9.17) is 10.00 Å². The van der Waals surface area contributed by atoms with Gasteiger partial charge >= 0.3 is 0 Å². The summed E-state index contributed by atoms with van der Waals surface area (Å²) in [6, 6.07) is 6.12. The van der Waals surface area contributed by atoms with Crippen LogP contribution in [0.3, 0.4) is 0 Å². The maximum Gasteiger partial charge on any atom is 0.123 e. The van der Waals surface area contributed by atoms with Crippen molar-refractivity contribution in [2.45, 2.75) is 26.2 Å². The molecule has 0 aliphatic carbocycles. The lowest BCUT2D eigenvalue weighted by atomic mass is 9.83. The third-order valence-corrected chi connectivity index (χ3v) is 3.34. The third kappa shape index (κ3) is 2.15. The molecule has 0 atom stereocenters. The van der Waals surface area contributed by atoms with E-state index in [1.54, 1.807) is 7.11 Å². The Labute approximate surface area is 99.0 Å². The lowest BCUT2D eigenvalue weighted by Crippen LogP contribution is -2.17. The van der Waals surface area contributed by atoms with Gasteiger partial charge in [-0.05, 0) is 38.5 Å². The molecular formula is C12H14BrNO. The number of benzene rings is 1. The van der Waals surface area contributed by atoms with Gasteiger partial charge in [-0.3, -0.25) is 0 Å². The molecule has 1 aromatic rings. The Morgan fingerprint density at radius 3 is 2.47 bits per heavy atom. The highest BCUT2D eigenvalue weighted by atomic mass is 79.9. The van der Waals surface area contributed by atoms with E-state index in [1.165, 1.54) is 0 Å². The molecule has 0 aliphatic rings. The van der Waals surface area contributed by atoms with Crippen molar-refractivity contribution in [3.63, 3.8) is 0 Å². The van der Waals surface area contributed by atoms with E-state index in [0.29, 0.717) is 0 Å². The highest BCUT2D eigenvalue weighted by molar-refractivity contribution is 9.10. The van der Waals surface area contributed by atoms with Crippen LogP contribution in [-0.4, -0.2) is 7.11 Å². The first-order valence-electron chi connectivity index (χ1n) is 4.69. The maximum absolute atomic E-state index is 9.16. The van der Waals surface area contributed by atoms with Crippen LogP contribution in [0.15, 0.2) is 16.6 Å². The molecule has 80 valence electrons. The van der Waals surface area contributed by atoms with E-state index in [-0.39, 0.29) is 0 Å². The van der Waals surface area contributed by atoms with Crippen LogP contribution in [0.1, 0.15) is 25.0 Å². The van der Waals surface area contributed by atoms with Crippen molar-refractivity contribution in [3.8, 4) is 11.8 Å². The zero-order valence-corrected chi connectivity index (χ0v) is 11.0. The Balaban J connectivity index is 3.51. The summed E-state index contributed by atoms with van der Waals surface area (Å²) in [7, 11) is 1.62. The molecule has 0 bridgehead atoms. The van der Waals surface area contributed by atoms with E-state index < -0.39 is 5.41 Å². The standard InChI is InChI=1S/C12H14BrNO/c1-8-9(13)5-6-10(15-4)11(8)12(2,3)7-14/h5-6H,1-4H3. The average molecular weight is 268 g/mol. The first-order chi connectivity index (χ1) is 6.94. The molecule has 0 saturated heterocycles. The molecule has 15 heavy (non-hydrogen) atoms. The van der Waals surface area contributed by atoms with Crippen LogP contribution in [0.2, 0.25) is 0 Å². The summed E-state index contributed by atoms with van der Waals surface area (Å²) < 4.78 is 6.30. The Bertz CT molecular complexity index is 418. The molecule has 0 amide bonds. The van der Waals surface area contributed by atoms with Crippen LogP contribution in [-0.2, 0) is 5.41 Å². The fraction of sp³-hybridized carbons (Fsp3) is 0.417.